The lowest BCUT2D eigenvalue weighted by Gasteiger charge is -2.20. The topological polar surface area (TPSA) is 46.2 Å². The summed E-state index contributed by atoms with van der Waals surface area (Å²) < 4.78 is -0.173. The van der Waals surface area contributed by atoms with Gasteiger partial charge < -0.3 is 10.8 Å². The first-order chi connectivity index (χ1) is 4.83. The van der Waals surface area contributed by atoms with Crippen LogP contribution < -0.4 is 5.73 Å². The molecule has 0 saturated carbocycles. The molecule has 0 aliphatic heterocycles. The van der Waals surface area contributed by atoms with E-state index in [9.17, 15) is 5.11 Å². The maximum absolute atomic E-state index is 9.43. The van der Waals surface area contributed by atoms with E-state index < -0.39 is 0 Å². The first kappa shape index (κ1) is 11.6. The van der Waals surface area contributed by atoms with Crippen molar-refractivity contribution in [3.05, 3.63) is 0 Å². The van der Waals surface area contributed by atoms with Crippen LogP contribution in [0.2, 0.25) is 0 Å². The number of aliphatic hydroxyl groups excluding tert-OH is 1. The molecule has 0 bridgehead atoms. The molecule has 11 heavy (non-hydrogen) atoms. The fourth-order valence-electron chi connectivity index (χ4n) is 0.763. The lowest BCUT2D eigenvalue weighted by molar-refractivity contribution is 0.111. The zero-order chi connectivity index (χ0) is 9.07. The average Bonchev–Trinajstić information content (AvgIpc) is 1.80. The van der Waals surface area contributed by atoms with Crippen molar-refractivity contribution in [3.8, 4) is 0 Å². The summed E-state index contributed by atoms with van der Waals surface area (Å²) >= 11 is 2.20. The maximum atomic E-state index is 9.43. The highest BCUT2D eigenvalue weighted by molar-refractivity contribution is 14.1. The number of aliphatic hydroxyl groups is 1. The van der Waals surface area contributed by atoms with Crippen LogP contribution in [0, 0.1) is 5.92 Å². The van der Waals surface area contributed by atoms with Crippen molar-refractivity contribution < 1.29 is 5.11 Å². The van der Waals surface area contributed by atoms with E-state index in [0.717, 1.165) is 12.8 Å². The number of hydrogen-bond donors (Lipinski definition) is 2. The van der Waals surface area contributed by atoms with Crippen molar-refractivity contribution in [1.29, 1.82) is 0 Å². The molecule has 0 spiro atoms. The van der Waals surface area contributed by atoms with Crippen molar-refractivity contribution in [3.63, 3.8) is 0 Å². The first-order valence-corrected chi connectivity index (χ1v) is 5.06. The van der Waals surface area contributed by atoms with Crippen molar-refractivity contribution in [2.24, 2.45) is 11.7 Å². The molecule has 3 heteroatoms. The molecule has 0 rings (SSSR count). The molecule has 1 unspecified atom stereocenters. The molecule has 2 atom stereocenters. The summed E-state index contributed by atoms with van der Waals surface area (Å²) in [7, 11) is 0. The molecule has 2 nitrogen and oxygen atoms in total. The van der Waals surface area contributed by atoms with Crippen molar-refractivity contribution in [1.82, 2.24) is 0 Å². The number of rotatable bonds is 4. The van der Waals surface area contributed by atoms with Gasteiger partial charge in [0.1, 0.15) is 0 Å². The van der Waals surface area contributed by atoms with Gasteiger partial charge in [-0.3, -0.25) is 0 Å². The van der Waals surface area contributed by atoms with E-state index in [4.69, 9.17) is 5.73 Å². The third-order valence-electron chi connectivity index (χ3n) is 1.70. The summed E-state index contributed by atoms with van der Waals surface area (Å²) in [4.78, 5) is 0. The van der Waals surface area contributed by atoms with Gasteiger partial charge >= 0.3 is 0 Å². The molecule has 0 aromatic carbocycles. The largest absolute Gasteiger partial charge is 0.393 e. The first-order valence-electron chi connectivity index (χ1n) is 3.99. The van der Waals surface area contributed by atoms with Gasteiger partial charge in [-0.15, -0.1) is 0 Å². The lowest BCUT2D eigenvalue weighted by Crippen LogP contribution is -2.30. The molecule has 0 amide bonds. The fourth-order valence-corrected chi connectivity index (χ4v) is 1.07. The Balaban J connectivity index is 3.54. The van der Waals surface area contributed by atoms with E-state index in [2.05, 4.69) is 22.6 Å². The predicted octanol–water partition coefficient (Wildman–Crippen LogP) is 1.89. The van der Waals surface area contributed by atoms with Crippen molar-refractivity contribution in [2.45, 2.75) is 43.3 Å². The molecule has 0 aromatic rings. The smallest absolute Gasteiger partial charge is 0.0652 e. The SMILES string of the molecule is CC(C)[C@H](O)CCC(C)(N)I. The van der Waals surface area contributed by atoms with Crippen LogP contribution in [0.4, 0.5) is 0 Å². The van der Waals surface area contributed by atoms with Crippen molar-refractivity contribution >= 4 is 22.6 Å². The van der Waals surface area contributed by atoms with Crippen LogP contribution in [-0.4, -0.2) is 14.8 Å². The summed E-state index contributed by atoms with van der Waals surface area (Å²) in [6, 6.07) is 0. The Morgan fingerprint density at radius 1 is 1.55 bits per heavy atom. The molecule has 0 saturated heterocycles. The molecule has 0 aromatic heterocycles. The zero-order valence-electron chi connectivity index (χ0n) is 7.47. The molecule has 0 aliphatic carbocycles. The van der Waals surface area contributed by atoms with Crippen LogP contribution in [0.3, 0.4) is 0 Å². The Morgan fingerprint density at radius 2 is 2.00 bits per heavy atom. The molecule has 0 aliphatic rings. The van der Waals surface area contributed by atoms with Crippen LogP contribution in [0.5, 0.6) is 0 Å². The number of nitrogens with two attached hydrogens (primary N) is 1. The van der Waals surface area contributed by atoms with Crippen LogP contribution in [0.15, 0.2) is 0 Å². The monoisotopic (exact) mass is 271 g/mol. The van der Waals surface area contributed by atoms with E-state index in [1.165, 1.54) is 0 Å². The molecule has 0 fully saturated rings. The van der Waals surface area contributed by atoms with E-state index in [1.54, 1.807) is 0 Å². The van der Waals surface area contributed by atoms with Gasteiger partial charge in [0.15, 0.2) is 0 Å². The van der Waals surface area contributed by atoms with Crippen LogP contribution in [0.25, 0.3) is 0 Å². The minimum Gasteiger partial charge on any atom is -0.393 e. The van der Waals surface area contributed by atoms with Gasteiger partial charge in [-0.2, -0.15) is 0 Å². The van der Waals surface area contributed by atoms with Gasteiger partial charge in [0.25, 0.3) is 0 Å². The number of hydrogen-bond acceptors (Lipinski definition) is 2. The molecule has 0 heterocycles. The molecule has 0 radical (unpaired) electrons. The Hall–Kier alpha value is 0.650. The molecular formula is C8H18INO. The van der Waals surface area contributed by atoms with Crippen LogP contribution in [-0.2, 0) is 0 Å². The summed E-state index contributed by atoms with van der Waals surface area (Å²) in [6.45, 7) is 6.01. The second-order valence-corrected chi connectivity index (χ2v) is 6.09. The minimum absolute atomic E-state index is 0.173. The molecular weight excluding hydrogens is 253 g/mol. The highest BCUT2D eigenvalue weighted by Crippen LogP contribution is 2.20. The zero-order valence-corrected chi connectivity index (χ0v) is 9.63. The Morgan fingerprint density at radius 3 is 2.27 bits per heavy atom. The Bertz CT molecular complexity index is 109. The second kappa shape index (κ2) is 4.62. The van der Waals surface area contributed by atoms with Gasteiger partial charge in [-0.05, 0) is 25.7 Å². The Kier molecular flexibility index (Phi) is 4.89. The van der Waals surface area contributed by atoms with E-state index in [-0.39, 0.29) is 9.65 Å². The van der Waals surface area contributed by atoms with Gasteiger partial charge in [0.2, 0.25) is 0 Å². The predicted molar refractivity (Wildman–Crippen MR) is 56.7 cm³/mol. The van der Waals surface area contributed by atoms with E-state index in [1.807, 2.05) is 20.8 Å². The number of halogens is 1. The highest BCUT2D eigenvalue weighted by Gasteiger charge is 2.16. The van der Waals surface area contributed by atoms with Crippen LogP contribution >= 0.6 is 22.6 Å². The molecule has 68 valence electrons. The third-order valence-corrected chi connectivity index (χ3v) is 2.24. The van der Waals surface area contributed by atoms with Gasteiger partial charge in [0.05, 0.1) is 9.65 Å². The standard InChI is InChI=1S/C8H18INO/c1-6(2)7(11)4-5-8(3,9)10/h6-7,11H,4-5,10H2,1-3H3/t7-,8?/m1/s1. The normalized spacial score (nSPS) is 19.9. The Labute approximate surface area is 82.7 Å². The second-order valence-electron chi connectivity index (χ2n) is 3.63. The van der Waals surface area contributed by atoms with Gasteiger partial charge in [0, 0.05) is 0 Å². The van der Waals surface area contributed by atoms with Crippen molar-refractivity contribution in [2.75, 3.05) is 0 Å². The quantitative estimate of drug-likeness (QED) is 0.466. The fraction of sp³-hybridized carbons (Fsp3) is 1.00. The van der Waals surface area contributed by atoms with E-state index >= 15 is 0 Å². The number of alkyl halides is 1. The molecule has 3 N–H and O–H groups in total. The minimum atomic E-state index is -0.201. The lowest BCUT2D eigenvalue weighted by atomic mass is 10.0. The summed E-state index contributed by atoms with van der Waals surface area (Å²) in [5.74, 6) is 0.341. The third kappa shape index (κ3) is 7.03. The summed E-state index contributed by atoms with van der Waals surface area (Å²) in [6.07, 6.45) is 1.47. The van der Waals surface area contributed by atoms with Gasteiger partial charge in [-0.25, -0.2) is 0 Å². The summed E-state index contributed by atoms with van der Waals surface area (Å²) in [5, 5.41) is 9.43. The van der Waals surface area contributed by atoms with Gasteiger partial charge in [-0.1, -0.05) is 36.4 Å². The summed E-state index contributed by atoms with van der Waals surface area (Å²) in [5.41, 5.74) is 5.76. The highest BCUT2D eigenvalue weighted by atomic mass is 127. The maximum Gasteiger partial charge on any atom is 0.0652 e. The average molecular weight is 271 g/mol. The van der Waals surface area contributed by atoms with Crippen LogP contribution in [0.1, 0.15) is 33.6 Å². The van der Waals surface area contributed by atoms with E-state index in [0.29, 0.717) is 5.92 Å².